The summed E-state index contributed by atoms with van der Waals surface area (Å²) in [5, 5.41) is 8.53. The first kappa shape index (κ1) is 10.3. The molecule has 76 valence electrons. The van der Waals surface area contributed by atoms with Gasteiger partial charge in [0, 0.05) is 7.05 Å². The summed E-state index contributed by atoms with van der Waals surface area (Å²) in [5.74, 6) is -1.70. The molecule has 0 saturated heterocycles. The van der Waals surface area contributed by atoms with Crippen LogP contribution >= 0.6 is 0 Å². The van der Waals surface area contributed by atoms with Crippen LogP contribution in [0.15, 0.2) is 11.1 Å². The fraction of sp³-hybridized carbons (Fsp3) is 0.286. The largest absolute Gasteiger partial charge is 0.477 e. The molecule has 0 fully saturated rings. The first-order valence-electron chi connectivity index (χ1n) is 3.52. The van der Waals surface area contributed by atoms with Gasteiger partial charge in [-0.3, -0.25) is 4.79 Å². The van der Waals surface area contributed by atoms with Crippen LogP contribution in [0.5, 0.6) is 0 Å². The van der Waals surface area contributed by atoms with Crippen LogP contribution in [-0.4, -0.2) is 20.6 Å². The molecule has 0 amide bonds. The molecular formula is C7H6F2N2O3. The van der Waals surface area contributed by atoms with Crippen molar-refractivity contribution in [2.24, 2.45) is 7.05 Å². The van der Waals surface area contributed by atoms with Gasteiger partial charge in [0.25, 0.3) is 12.0 Å². The van der Waals surface area contributed by atoms with Gasteiger partial charge < -0.3 is 9.67 Å². The molecule has 5 nitrogen and oxygen atoms in total. The summed E-state index contributed by atoms with van der Waals surface area (Å²) >= 11 is 0. The Balaban J connectivity index is 3.54. The minimum absolute atomic E-state index is 0.829. The number of aromatic nitrogens is 2. The predicted molar refractivity (Wildman–Crippen MR) is 41.4 cm³/mol. The molecule has 0 spiro atoms. The number of carboxylic acid groups (broad SMARTS) is 1. The number of hydrogen-bond acceptors (Lipinski definition) is 3. The number of nitrogens with zero attached hydrogens (tertiary/aromatic N) is 2. The lowest BCUT2D eigenvalue weighted by atomic mass is 10.2. The third-order valence-corrected chi connectivity index (χ3v) is 1.58. The van der Waals surface area contributed by atoms with Crippen molar-refractivity contribution >= 4 is 5.97 Å². The molecule has 0 aliphatic heterocycles. The van der Waals surface area contributed by atoms with Gasteiger partial charge in [0.15, 0.2) is 5.56 Å². The molecule has 1 rings (SSSR count). The van der Waals surface area contributed by atoms with Gasteiger partial charge in [-0.25, -0.2) is 18.6 Å². The quantitative estimate of drug-likeness (QED) is 0.757. The Morgan fingerprint density at radius 1 is 1.64 bits per heavy atom. The van der Waals surface area contributed by atoms with E-state index < -0.39 is 29.2 Å². The molecule has 0 aromatic carbocycles. The summed E-state index contributed by atoms with van der Waals surface area (Å²) in [4.78, 5) is 24.8. The number of carboxylic acids is 1. The average molecular weight is 204 g/mol. The Labute approximate surface area is 76.6 Å². The Morgan fingerprint density at radius 2 is 2.21 bits per heavy atom. The fourth-order valence-corrected chi connectivity index (χ4v) is 0.918. The smallest absolute Gasteiger partial charge is 0.343 e. The third-order valence-electron chi connectivity index (χ3n) is 1.58. The summed E-state index contributed by atoms with van der Waals surface area (Å²) in [7, 11) is 1.23. The van der Waals surface area contributed by atoms with E-state index in [4.69, 9.17) is 5.11 Å². The number of hydrogen-bond donors (Lipinski definition) is 1. The van der Waals surface area contributed by atoms with E-state index in [1.54, 1.807) is 0 Å². The summed E-state index contributed by atoms with van der Waals surface area (Å²) in [6, 6.07) is 0. The van der Waals surface area contributed by atoms with Gasteiger partial charge >= 0.3 is 5.97 Å². The molecule has 0 unspecified atom stereocenters. The standard InChI is InChI=1S/C7H6F2N2O3/c1-11-2-10-4(5(8)9)3(6(11)12)7(13)14/h2,5H,1H3,(H,13,14). The highest BCUT2D eigenvalue weighted by Crippen LogP contribution is 2.17. The molecule has 0 atom stereocenters. The molecule has 1 heterocycles. The zero-order chi connectivity index (χ0) is 10.9. The summed E-state index contributed by atoms with van der Waals surface area (Å²) in [6.45, 7) is 0. The number of rotatable bonds is 2. The molecule has 1 N–H and O–H groups in total. The highest BCUT2D eigenvalue weighted by molar-refractivity contribution is 5.88. The van der Waals surface area contributed by atoms with Crippen molar-refractivity contribution in [2.75, 3.05) is 0 Å². The molecular weight excluding hydrogens is 198 g/mol. The number of alkyl halides is 2. The van der Waals surface area contributed by atoms with Crippen molar-refractivity contribution in [3.63, 3.8) is 0 Å². The second kappa shape index (κ2) is 3.52. The van der Waals surface area contributed by atoms with Gasteiger partial charge in [0.05, 0.1) is 6.33 Å². The Bertz CT molecular complexity index is 427. The van der Waals surface area contributed by atoms with E-state index in [9.17, 15) is 18.4 Å². The van der Waals surface area contributed by atoms with Crippen LogP contribution in [0.2, 0.25) is 0 Å². The van der Waals surface area contributed by atoms with Gasteiger partial charge in [-0.1, -0.05) is 0 Å². The van der Waals surface area contributed by atoms with Crippen molar-refractivity contribution in [2.45, 2.75) is 6.43 Å². The van der Waals surface area contributed by atoms with Gasteiger partial charge in [-0.05, 0) is 0 Å². The molecule has 0 radical (unpaired) electrons. The van der Waals surface area contributed by atoms with Crippen LogP contribution in [0, 0.1) is 0 Å². The van der Waals surface area contributed by atoms with Crippen molar-refractivity contribution < 1.29 is 18.7 Å². The number of aromatic carboxylic acids is 1. The van der Waals surface area contributed by atoms with Gasteiger partial charge in [0.1, 0.15) is 5.69 Å². The molecule has 0 aliphatic rings. The molecule has 0 saturated carbocycles. The van der Waals surface area contributed by atoms with Gasteiger partial charge in [-0.15, -0.1) is 0 Å². The zero-order valence-corrected chi connectivity index (χ0v) is 7.07. The highest BCUT2D eigenvalue weighted by Gasteiger charge is 2.23. The summed E-state index contributed by atoms with van der Waals surface area (Å²) < 4.78 is 25.3. The van der Waals surface area contributed by atoms with E-state index in [1.807, 2.05) is 0 Å². The van der Waals surface area contributed by atoms with Crippen molar-refractivity contribution in [3.05, 3.63) is 27.9 Å². The Hall–Kier alpha value is -1.79. The number of aryl methyl sites for hydroxylation is 1. The number of carbonyl (C=O) groups is 1. The lowest BCUT2D eigenvalue weighted by molar-refractivity contribution is 0.0678. The second-order valence-corrected chi connectivity index (χ2v) is 2.53. The second-order valence-electron chi connectivity index (χ2n) is 2.53. The maximum atomic E-state index is 12.2. The molecule has 0 bridgehead atoms. The molecule has 7 heteroatoms. The van der Waals surface area contributed by atoms with Gasteiger partial charge in [0.2, 0.25) is 0 Å². The molecule has 0 aliphatic carbocycles. The average Bonchev–Trinajstić information content (AvgIpc) is 2.08. The minimum Gasteiger partial charge on any atom is -0.477 e. The summed E-state index contributed by atoms with van der Waals surface area (Å²) in [6.07, 6.45) is -2.22. The third kappa shape index (κ3) is 1.61. The molecule has 14 heavy (non-hydrogen) atoms. The number of halogens is 2. The monoisotopic (exact) mass is 204 g/mol. The van der Waals surface area contributed by atoms with E-state index in [2.05, 4.69) is 4.98 Å². The topological polar surface area (TPSA) is 72.2 Å². The minimum atomic E-state index is -3.07. The van der Waals surface area contributed by atoms with Crippen molar-refractivity contribution in [1.82, 2.24) is 9.55 Å². The van der Waals surface area contributed by atoms with Crippen LogP contribution in [0.3, 0.4) is 0 Å². The van der Waals surface area contributed by atoms with Gasteiger partial charge in [-0.2, -0.15) is 0 Å². The van der Waals surface area contributed by atoms with Crippen LogP contribution in [0.1, 0.15) is 22.5 Å². The Kier molecular flexibility index (Phi) is 2.59. The van der Waals surface area contributed by atoms with Crippen molar-refractivity contribution in [3.8, 4) is 0 Å². The summed E-state index contributed by atoms with van der Waals surface area (Å²) in [5.41, 5.74) is -2.98. The highest BCUT2D eigenvalue weighted by atomic mass is 19.3. The molecule has 1 aromatic heterocycles. The van der Waals surface area contributed by atoms with E-state index in [-0.39, 0.29) is 0 Å². The first-order valence-corrected chi connectivity index (χ1v) is 3.52. The van der Waals surface area contributed by atoms with Crippen LogP contribution in [-0.2, 0) is 7.05 Å². The van der Waals surface area contributed by atoms with Crippen LogP contribution in [0.4, 0.5) is 8.78 Å². The van der Waals surface area contributed by atoms with E-state index in [0.717, 1.165) is 10.9 Å². The SMILES string of the molecule is Cn1cnc(C(F)F)c(C(=O)O)c1=O. The van der Waals surface area contributed by atoms with Crippen LogP contribution in [0.25, 0.3) is 0 Å². The maximum absolute atomic E-state index is 12.2. The fourth-order valence-electron chi connectivity index (χ4n) is 0.918. The van der Waals surface area contributed by atoms with E-state index >= 15 is 0 Å². The lowest BCUT2D eigenvalue weighted by Gasteiger charge is -2.04. The van der Waals surface area contributed by atoms with Crippen LogP contribution < -0.4 is 5.56 Å². The maximum Gasteiger partial charge on any atom is 0.343 e. The van der Waals surface area contributed by atoms with Crippen molar-refractivity contribution in [1.29, 1.82) is 0 Å². The predicted octanol–water partition coefficient (Wildman–Crippen LogP) is 0.416. The molecule has 1 aromatic rings. The first-order chi connectivity index (χ1) is 6.45. The van der Waals surface area contributed by atoms with E-state index in [1.165, 1.54) is 7.05 Å². The Morgan fingerprint density at radius 3 is 2.64 bits per heavy atom. The lowest BCUT2D eigenvalue weighted by Crippen LogP contribution is -2.27. The van der Waals surface area contributed by atoms with E-state index in [0.29, 0.717) is 0 Å². The normalized spacial score (nSPS) is 10.6. The zero-order valence-electron chi connectivity index (χ0n) is 7.07.